The molecule has 2 heterocycles. The van der Waals surface area contributed by atoms with Crippen molar-refractivity contribution < 1.29 is 9.53 Å². The van der Waals surface area contributed by atoms with Crippen LogP contribution >= 0.6 is 0 Å². The SMILES string of the molecule is CC1CN(Cc2ccc(C(=O)N3CCCC3CN)cc2)CC(C)O1. The van der Waals surface area contributed by atoms with Crippen molar-refractivity contribution in [2.24, 2.45) is 5.73 Å². The summed E-state index contributed by atoms with van der Waals surface area (Å²) in [5.41, 5.74) is 7.79. The Kier molecular flexibility index (Phi) is 5.54. The summed E-state index contributed by atoms with van der Waals surface area (Å²) in [7, 11) is 0. The van der Waals surface area contributed by atoms with E-state index < -0.39 is 0 Å². The van der Waals surface area contributed by atoms with Gasteiger partial charge in [0.1, 0.15) is 0 Å². The van der Waals surface area contributed by atoms with Gasteiger partial charge in [0.15, 0.2) is 0 Å². The van der Waals surface area contributed by atoms with Crippen LogP contribution in [-0.4, -0.2) is 60.1 Å². The third-order valence-electron chi connectivity index (χ3n) is 5.01. The van der Waals surface area contributed by atoms with Crippen molar-refractivity contribution in [2.45, 2.75) is 51.5 Å². The summed E-state index contributed by atoms with van der Waals surface area (Å²) in [6, 6.07) is 8.26. The van der Waals surface area contributed by atoms with Gasteiger partial charge in [0.2, 0.25) is 0 Å². The van der Waals surface area contributed by atoms with Gasteiger partial charge in [-0.05, 0) is 44.4 Å². The standard InChI is InChI=1S/C19H29N3O2/c1-14-11-21(12-15(2)24-14)13-16-5-7-17(8-6-16)19(23)22-9-3-4-18(22)10-20/h5-8,14-15,18H,3-4,9-13,20H2,1-2H3. The summed E-state index contributed by atoms with van der Waals surface area (Å²) < 4.78 is 5.78. The van der Waals surface area contributed by atoms with E-state index in [0.717, 1.165) is 44.6 Å². The van der Waals surface area contributed by atoms with Gasteiger partial charge in [0, 0.05) is 44.3 Å². The molecule has 0 aliphatic carbocycles. The third-order valence-corrected chi connectivity index (χ3v) is 5.01. The molecule has 132 valence electrons. The lowest BCUT2D eigenvalue weighted by Gasteiger charge is -2.35. The van der Waals surface area contributed by atoms with Gasteiger partial charge >= 0.3 is 0 Å². The molecule has 5 heteroatoms. The minimum absolute atomic E-state index is 0.114. The van der Waals surface area contributed by atoms with Crippen LogP contribution in [0.3, 0.4) is 0 Å². The summed E-state index contributed by atoms with van der Waals surface area (Å²) in [5, 5.41) is 0. The molecule has 3 rings (SSSR count). The molecular formula is C19H29N3O2. The summed E-state index contributed by atoms with van der Waals surface area (Å²) in [6.45, 7) is 8.43. The number of carbonyl (C=O) groups excluding carboxylic acids is 1. The minimum atomic E-state index is 0.114. The molecule has 2 aliphatic rings. The van der Waals surface area contributed by atoms with Crippen molar-refractivity contribution in [2.75, 3.05) is 26.2 Å². The van der Waals surface area contributed by atoms with Gasteiger partial charge in [-0.3, -0.25) is 9.69 Å². The number of nitrogens with zero attached hydrogens (tertiary/aromatic N) is 2. The molecule has 0 radical (unpaired) electrons. The van der Waals surface area contributed by atoms with Gasteiger partial charge in [-0.15, -0.1) is 0 Å². The average Bonchev–Trinajstić information content (AvgIpc) is 3.02. The molecule has 2 fully saturated rings. The molecule has 2 aliphatic heterocycles. The Hall–Kier alpha value is -1.43. The number of morpholine rings is 1. The van der Waals surface area contributed by atoms with E-state index in [9.17, 15) is 4.79 Å². The molecule has 3 unspecified atom stereocenters. The number of benzene rings is 1. The fourth-order valence-electron chi connectivity index (χ4n) is 3.94. The molecule has 24 heavy (non-hydrogen) atoms. The van der Waals surface area contributed by atoms with Crippen LogP contribution in [0.5, 0.6) is 0 Å². The van der Waals surface area contributed by atoms with Crippen LogP contribution in [0.25, 0.3) is 0 Å². The summed E-state index contributed by atoms with van der Waals surface area (Å²) >= 11 is 0. The molecule has 1 aromatic rings. The van der Waals surface area contributed by atoms with E-state index in [4.69, 9.17) is 10.5 Å². The fraction of sp³-hybridized carbons (Fsp3) is 0.632. The number of rotatable bonds is 4. The first kappa shape index (κ1) is 17.4. The molecule has 0 saturated carbocycles. The Morgan fingerprint density at radius 2 is 1.88 bits per heavy atom. The van der Waals surface area contributed by atoms with E-state index in [2.05, 4.69) is 30.9 Å². The molecule has 5 nitrogen and oxygen atoms in total. The Morgan fingerprint density at radius 3 is 2.50 bits per heavy atom. The number of nitrogens with two attached hydrogens (primary N) is 1. The maximum absolute atomic E-state index is 12.6. The van der Waals surface area contributed by atoms with E-state index in [1.54, 1.807) is 0 Å². The first-order valence-corrected chi connectivity index (χ1v) is 9.04. The number of likely N-dealkylation sites (tertiary alicyclic amines) is 1. The second-order valence-corrected chi connectivity index (χ2v) is 7.18. The zero-order chi connectivity index (χ0) is 17.1. The molecule has 0 spiro atoms. The Morgan fingerprint density at radius 1 is 1.21 bits per heavy atom. The highest BCUT2D eigenvalue weighted by molar-refractivity contribution is 5.94. The van der Waals surface area contributed by atoms with Crippen LogP contribution in [0.1, 0.15) is 42.6 Å². The van der Waals surface area contributed by atoms with Gasteiger partial charge in [-0.1, -0.05) is 12.1 Å². The van der Waals surface area contributed by atoms with Crippen LogP contribution < -0.4 is 5.73 Å². The van der Waals surface area contributed by atoms with E-state index in [-0.39, 0.29) is 24.2 Å². The predicted molar refractivity (Wildman–Crippen MR) is 94.8 cm³/mol. The van der Waals surface area contributed by atoms with Crippen LogP contribution in [0, 0.1) is 0 Å². The molecule has 1 amide bonds. The third kappa shape index (κ3) is 3.97. The van der Waals surface area contributed by atoms with Crippen molar-refractivity contribution in [1.82, 2.24) is 9.80 Å². The highest BCUT2D eigenvalue weighted by atomic mass is 16.5. The Labute approximate surface area is 144 Å². The van der Waals surface area contributed by atoms with E-state index in [1.807, 2.05) is 17.0 Å². The van der Waals surface area contributed by atoms with Gasteiger partial charge < -0.3 is 15.4 Å². The zero-order valence-corrected chi connectivity index (χ0v) is 14.8. The van der Waals surface area contributed by atoms with E-state index in [0.29, 0.717) is 6.54 Å². The molecule has 0 bridgehead atoms. The highest BCUT2D eigenvalue weighted by Crippen LogP contribution is 2.20. The number of ether oxygens (including phenoxy) is 1. The normalized spacial score (nSPS) is 28.3. The monoisotopic (exact) mass is 331 g/mol. The van der Waals surface area contributed by atoms with Crippen LogP contribution in [-0.2, 0) is 11.3 Å². The van der Waals surface area contributed by atoms with Gasteiger partial charge in [-0.2, -0.15) is 0 Å². The minimum Gasteiger partial charge on any atom is -0.373 e. The number of hydrogen-bond acceptors (Lipinski definition) is 4. The smallest absolute Gasteiger partial charge is 0.254 e. The molecule has 2 saturated heterocycles. The first-order valence-electron chi connectivity index (χ1n) is 9.04. The largest absolute Gasteiger partial charge is 0.373 e. The second-order valence-electron chi connectivity index (χ2n) is 7.18. The lowest BCUT2D eigenvalue weighted by Crippen LogP contribution is -2.44. The lowest BCUT2D eigenvalue weighted by atomic mass is 10.1. The summed E-state index contributed by atoms with van der Waals surface area (Å²) in [6.07, 6.45) is 2.63. The molecule has 3 atom stereocenters. The van der Waals surface area contributed by atoms with Crippen molar-refractivity contribution in [1.29, 1.82) is 0 Å². The van der Waals surface area contributed by atoms with E-state index in [1.165, 1.54) is 5.56 Å². The molecule has 2 N–H and O–H groups in total. The Bertz CT molecular complexity index is 550. The fourth-order valence-corrected chi connectivity index (χ4v) is 3.94. The van der Waals surface area contributed by atoms with Gasteiger partial charge in [0.25, 0.3) is 5.91 Å². The Balaban J connectivity index is 1.62. The van der Waals surface area contributed by atoms with Crippen molar-refractivity contribution in [3.8, 4) is 0 Å². The predicted octanol–water partition coefficient (Wildman–Crippen LogP) is 1.86. The summed E-state index contributed by atoms with van der Waals surface area (Å²) in [4.78, 5) is 17.0. The zero-order valence-electron chi connectivity index (χ0n) is 14.8. The first-order chi connectivity index (χ1) is 11.6. The topological polar surface area (TPSA) is 58.8 Å². The van der Waals surface area contributed by atoms with Crippen LogP contribution in [0.15, 0.2) is 24.3 Å². The van der Waals surface area contributed by atoms with Gasteiger partial charge in [0.05, 0.1) is 12.2 Å². The van der Waals surface area contributed by atoms with Crippen LogP contribution in [0.4, 0.5) is 0 Å². The van der Waals surface area contributed by atoms with Gasteiger partial charge in [-0.25, -0.2) is 0 Å². The number of amides is 1. The molecule has 1 aromatic carbocycles. The van der Waals surface area contributed by atoms with Crippen molar-refractivity contribution >= 4 is 5.91 Å². The van der Waals surface area contributed by atoms with E-state index >= 15 is 0 Å². The van der Waals surface area contributed by atoms with Crippen molar-refractivity contribution in [3.05, 3.63) is 35.4 Å². The van der Waals surface area contributed by atoms with Crippen molar-refractivity contribution in [3.63, 3.8) is 0 Å². The molecular weight excluding hydrogens is 302 g/mol. The maximum atomic E-state index is 12.6. The summed E-state index contributed by atoms with van der Waals surface area (Å²) in [5.74, 6) is 0.114. The quantitative estimate of drug-likeness (QED) is 0.915. The highest BCUT2D eigenvalue weighted by Gasteiger charge is 2.28. The average molecular weight is 331 g/mol. The second kappa shape index (κ2) is 7.64. The number of carbonyl (C=O) groups is 1. The number of hydrogen-bond donors (Lipinski definition) is 1. The maximum Gasteiger partial charge on any atom is 0.254 e. The lowest BCUT2D eigenvalue weighted by molar-refractivity contribution is -0.0704. The molecule has 0 aromatic heterocycles. The van der Waals surface area contributed by atoms with Crippen LogP contribution in [0.2, 0.25) is 0 Å².